The van der Waals surface area contributed by atoms with Gasteiger partial charge in [0.25, 0.3) is 5.91 Å². The number of ether oxygens (including phenoxy) is 1. The lowest BCUT2D eigenvalue weighted by molar-refractivity contribution is -0.142. The lowest BCUT2D eigenvalue weighted by Gasteiger charge is -2.18. The molecule has 8 heteroatoms. The summed E-state index contributed by atoms with van der Waals surface area (Å²) >= 11 is 0. The van der Waals surface area contributed by atoms with Crippen molar-refractivity contribution in [1.29, 1.82) is 0 Å². The van der Waals surface area contributed by atoms with Gasteiger partial charge in [0.1, 0.15) is 0 Å². The summed E-state index contributed by atoms with van der Waals surface area (Å²) in [4.78, 5) is 24.2. The molecule has 0 aliphatic heterocycles. The Bertz CT molecular complexity index is 1100. The van der Waals surface area contributed by atoms with Crippen LogP contribution in [0.3, 0.4) is 0 Å². The second-order valence-electron chi connectivity index (χ2n) is 7.48. The highest BCUT2D eigenvalue weighted by molar-refractivity contribution is 7.89. The number of hydrogen-bond donors (Lipinski definition) is 1. The molecule has 0 heterocycles. The first-order valence-electron chi connectivity index (χ1n) is 10.7. The van der Waals surface area contributed by atoms with Crippen LogP contribution in [-0.4, -0.2) is 44.3 Å². The normalized spacial score (nSPS) is 13.3. The number of carbonyl (C=O) groups excluding carboxylic acids is 2. The number of nitrogens with one attached hydrogen (secondary N) is 1. The van der Waals surface area contributed by atoms with Crippen LogP contribution >= 0.6 is 0 Å². The van der Waals surface area contributed by atoms with E-state index in [1.54, 1.807) is 26.0 Å². The zero-order valence-corrected chi connectivity index (χ0v) is 19.2. The van der Waals surface area contributed by atoms with Gasteiger partial charge in [-0.2, -0.15) is 4.31 Å². The molecule has 0 atom stereocenters. The summed E-state index contributed by atoms with van der Waals surface area (Å²) in [6.45, 7) is 3.98. The van der Waals surface area contributed by atoms with Crippen LogP contribution < -0.4 is 5.32 Å². The fraction of sp³-hybridized carbons (Fsp3) is 0.333. The van der Waals surface area contributed by atoms with Gasteiger partial charge in [-0.3, -0.25) is 4.79 Å². The number of nitrogens with zero attached hydrogens (tertiary/aromatic N) is 1. The van der Waals surface area contributed by atoms with E-state index in [1.807, 2.05) is 18.2 Å². The van der Waals surface area contributed by atoms with Crippen LogP contribution in [0.5, 0.6) is 0 Å². The Hall–Kier alpha value is -2.97. The zero-order valence-electron chi connectivity index (χ0n) is 18.3. The molecule has 0 unspecified atom stereocenters. The fourth-order valence-corrected chi connectivity index (χ4v) is 5.12. The highest BCUT2D eigenvalue weighted by atomic mass is 32.2. The van der Waals surface area contributed by atoms with Crippen LogP contribution in [0.2, 0.25) is 0 Å². The molecular formula is C24H28N2O5S. The molecule has 0 saturated carbocycles. The van der Waals surface area contributed by atoms with Crippen molar-refractivity contribution >= 4 is 33.7 Å². The van der Waals surface area contributed by atoms with Crippen LogP contribution in [-0.2, 0) is 37.2 Å². The molecule has 0 saturated heterocycles. The molecule has 2 aromatic carbocycles. The molecule has 0 aromatic heterocycles. The number of hydrogen-bond acceptors (Lipinski definition) is 5. The number of sulfonamides is 1. The molecule has 2 aromatic rings. The highest BCUT2D eigenvalue weighted by Gasteiger charge is 2.21. The molecule has 0 fully saturated rings. The molecule has 1 N–H and O–H groups in total. The quantitative estimate of drug-likeness (QED) is 0.461. The lowest BCUT2D eigenvalue weighted by atomic mass is 10.1. The first-order valence-corrected chi connectivity index (χ1v) is 12.1. The van der Waals surface area contributed by atoms with E-state index >= 15 is 0 Å². The Kier molecular flexibility index (Phi) is 7.82. The van der Waals surface area contributed by atoms with E-state index in [4.69, 9.17) is 4.74 Å². The standard InChI is InChI=1S/C24H28N2O5S/c1-3-26(4-2)32(29,30)22-13-8-18(9-14-22)10-15-24(28)31-17-23(27)25-21-12-11-19-6-5-7-20(19)16-21/h8-16H,3-7,17H2,1-2H3,(H,25,27)/b15-10+. The van der Waals surface area contributed by atoms with Gasteiger partial charge in [-0.1, -0.05) is 32.0 Å². The average Bonchev–Trinajstić information content (AvgIpc) is 3.25. The molecular weight excluding hydrogens is 428 g/mol. The molecule has 170 valence electrons. The Balaban J connectivity index is 1.50. The number of aryl methyl sites for hydroxylation is 2. The molecule has 1 aliphatic carbocycles. The van der Waals surface area contributed by atoms with Gasteiger partial charge in [-0.25, -0.2) is 13.2 Å². The van der Waals surface area contributed by atoms with Crippen LogP contribution in [0.15, 0.2) is 53.4 Å². The number of amides is 1. The molecule has 0 bridgehead atoms. The minimum atomic E-state index is -3.52. The van der Waals surface area contributed by atoms with Gasteiger partial charge in [-0.05, 0) is 66.3 Å². The van der Waals surface area contributed by atoms with Crippen molar-refractivity contribution in [3.05, 3.63) is 65.2 Å². The van der Waals surface area contributed by atoms with Crippen LogP contribution in [0.25, 0.3) is 6.08 Å². The fourth-order valence-electron chi connectivity index (χ4n) is 3.66. The predicted molar refractivity (Wildman–Crippen MR) is 124 cm³/mol. The zero-order chi connectivity index (χ0) is 23.1. The number of esters is 1. The molecule has 3 rings (SSSR count). The van der Waals surface area contributed by atoms with Crippen molar-refractivity contribution in [1.82, 2.24) is 4.31 Å². The second kappa shape index (κ2) is 10.6. The number of rotatable bonds is 9. The van der Waals surface area contributed by atoms with Crippen molar-refractivity contribution in [2.75, 3.05) is 25.0 Å². The second-order valence-corrected chi connectivity index (χ2v) is 9.42. The van der Waals surface area contributed by atoms with Gasteiger partial charge in [0.05, 0.1) is 4.90 Å². The molecule has 0 spiro atoms. The predicted octanol–water partition coefficient (Wildman–Crippen LogP) is 3.40. The lowest BCUT2D eigenvalue weighted by Crippen LogP contribution is -2.30. The third kappa shape index (κ3) is 5.83. The maximum absolute atomic E-state index is 12.5. The van der Waals surface area contributed by atoms with E-state index in [2.05, 4.69) is 5.32 Å². The summed E-state index contributed by atoms with van der Waals surface area (Å²) in [6, 6.07) is 12.1. The largest absolute Gasteiger partial charge is 0.452 e. The summed E-state index contributed by atoms with van der Waals surface area (Å²) < 4.78 is 31.4. The molecule has 32 heavy (non-hydrogen) atoms. The summed E-state index contributed by atoms with van der Waals surface area (Å²) in [5.74, 6) is -1.07. The van der Waals surface area contributed by atoms with E-state index in [1.165, 1.54) is 39.7 Å². The van der Waals surface area contributed by atoms with Gasteiger partial charge >= 0.3 is 5.97 Å². The smallest absolute Gasteiger partial charge is 0.331 e. The van der Waals surface area contributed by atoms with E-state index in [-0.39, 0.29) is 11.5 Å². The van der Waals surface area contributed by atoms with Crippen LogP contribution in [0, 0.1) is 0 Å². The minimum absolute atomic E-state index is 0.198. The Morgan fingerprint density at radius 1 is 1.03 bits per heavy atom. The highest BCUT2D eigenvalue weighted by Crippen LogP contribution is 2.24. The minimum Gasteiger partial charge on any atom is -0.452 e. The van der Waals surface area contributed by atoms with Crippen molar-refractivity contribution in [2.45, 2.75) is 38.0 Å². The molecule has 7 nitrogen and oxygen atoms in total. The summed E-state index contributed by atoms with van der Waals surface area (Å²) in [7, 11) is -3.52. The number of anilines is 1. The van der Waals surface area contributed by atoms with Gasteiger partial charge < -0.3 is 10.1 Å². The van der Waals surface area contributed by atoms with E-state index in [0.29, 0.717) is 24.3 Å². The number of benzene rings is 2. The molecule has 1 aliphatic rings. The third-order valence-corrected chi connectivity index (χ3v) is 7.43. The maximum Gasteiger partial charge on any atom is 0.331 e. The summed E-state index contributed by atoms with van der Waals surface area (Å²) in [6.07, 6.45) is 5.93. The number of fused-ring (bicyclic) bond motifs is 1. The monoisotopic (exact) mass is 456 g/mol. The molecule has 1 amide bonds. The first-order chi connectivity index (χ1) is 15.3. The Labute approximate surface area is 189 Å². The van der Waals surface area contributed by atoms with Gasteiger partial charge in [0.15, 0.2) is 6.61 Å². The SMILES string of the molecule is CCN(CC)S(=O)(=O)c1ccc(/C=C/C(=O)OCC(=O)Nc2ccc3c(c2)CCC3)cc1. The van der Waals surface area contributed by atoms with Crippen LogP contribution in [0.4, 0.5) is 5.69 Å². The Morgan fingerprint density at radius 3 is 2.41 bits per heavy atom. The van der Waals surface area contributed by atoms with Crippen molar-refractivity contribution in [3.8, 4) is 0 Å². The van der Waals surface area contributed by atoms with Crippen LogP contribution in [0.1, 0.15) is 37.0 Å². The number of carbonyl (C=O) groups is 2. The third-order valence-electron chi connectivity index (χ3n) is 5.36. The summed E-state index contributed by atoms with van der Waals surface area (Å²) in [5, 5.41) is 2.74. The van der Waals surface area contributed by atoms with E-state index in [9.17, 15) is 18.0 Å². The first kappa shape index (κ1) is 23.7. The Morgan fingerprint density at radius 2 is 1.72 bits per heavy atom. The van der Waals surface area contributed by atoms with Crippen molar-refractivity contribution < 1.29 is 22.7 Å². The van der Waals surface area contributed by atoms with E-state index < -0.39 is 21.9 Å². The van der Waals surface area contributed by atoms with Crippen molar-refractivity contribution in [3.63, 3.8) is 0 Å². The average molecular weight is 457 g/mol. The van der Waals surface area contributed by atoms with Gasteiger partial charge in [0, 0.05) is 24.9 Å². The van der Waals surface area contributed by atoms with Gasteiger partial charge in [-0.15, -0.1) is 0 Å². The van der Waals surface area contributed by atoms with E-state index in [0.717, 1.165) is 19.3 Å². The maximum atomic E-state index is 12.5. The van der Waals surface area contributed by atoms with Gasteiger partial charge in [0.2, 0.25) is 10.0 Å². The molecule has 0 radical (unpaired) electrons. The topological polar surface area (TPSA) is 92.8 Å². The summed E-state index contributed by atoms with van der Waals surface area (Å²) in [5.41, 5.74) is 3.90. The van der Waals surface area contributed by atoms with Crippen molar-refractivity contribution in [2.24, 2.45) is 0 Å².